The fourth-order valence-electron chi connectivity index (χ4n) is 1.50. The van der Waals surface area contributed by atoms with Crippen LogP contribution in [-0.2, 0) is 11.2 Å². The van der Waals surface area contributed by atoms with Crippen molar-refractivity contribution in [1.82, 2.24) is 9.97 Å². The third kappa shape index (κ3) is 3.51. The van der Waals surface area contributed by atoms with Crippen LogP contribution in [0.2, 0.25) is 0 Å². The molecule has 0 radical (unpaired) electrons. The van der Waals surface area contributed by atoms with Crippen molar-refractivity contribution < 1.29 is 14.3 Å². The second-order valence-corrected chi connectivity index (χ2v) is 4.68. The zero-order valence-electron chi connectivity index (χ0n) is 10.8. The molecule has 5 nitrogen and oxygen atoms in total. The van der Waals surface area contributed by atoms with Crippen molar-refractivity contribution in [2.24, 2.45) is 0 Å². The van der Waals surface area contributed by atoms with Crippen LogP contribution in [0.4, 0.5) is 0 Å². The van der Waals surface area contributed by atoms with Gasteiger partial charge in [-0.2, -0.15) is 0 Å². The number of pyridine rings is 1. The molecular weight excluding hydrogens is 264 g/mol. The maximum absolute atomic E-state index is 11.5. The normalized spacial score (nSPS) is 10.2. The highest BCUT2D eigenvalue weighted by molar-refractivity contribution is 7.09. The fraction of sp³-hybridized carbons (Fsp3) is 0.308. The summed E-state index contributed by atoms with van der Waals surface area (Å²) in [7, 11) is 1.58. The van der Waals surface area contributed by atoms with Crippen LogP contribution < -0.4 is 4.74 Å². The lowest BCUT2D eigenvalue weighted by Crippen LogP contribution is -2.05. The molecule has 0 aliphatic carbocycles. The van der Waals surface area contributed by atoms with Crippen LogP contribution in [0.5, 0.6) is 5.88 Å². The summed E-state index contributed by atoms with van der Waals surface area (Å²) in [5.74, 6) is 0.202. The Morgan fingerprint density at radius 2 is 2.26 bits per heavy atom. The Morgan fingerprint density at radius 3 is 2.89 bits per heavy atom. The molecule has 100 valence electrons. The van der Waals surface area contributed by atoms with E-state index in [0.29, 0.717) is 24.6 Å². The van der Waals surface area contributed by atoms with E-state index in [-0.39, 0.29) is 5.97 Å². The molecule has 0 atom stereocenters. The Hall–Kier alpha value is -1.95. The van der Waals surface area contributed by atoms with Crippen LogP contribution in [0.3, 0.4) is 0 Å². The average molecular weight is 278 g/mol. The van der Waals surface area contributed by atoms with Gasteiger partial charge in [-0.25, -0.2) is 14.8 Å². The minimum atomic E-state index is -0.377. The minimum Gasteiger partial charge on any atom is -0.481 e. The molecule has 0 bridgehead atoms. The predicted molar refractivity (Wildman–Crippen MR) is 71.7 cm³/mol. The van der Waals surface area contributed by atoms with Crippen LogP contribution in [0.1, 0.15) is 28.0 Å². The van der Waals surface area contributed by atoms with E-state index in [4.69, 9.17) is 9.47 Å². The summed E-state index contributed by atoms with van der Waals surface area (Å²) in [5, 5.41) is 2.57. The van der Waals surface area contributed by atoms with Crippen LogP contribution in [-0.4, -0.2) is 29.7 Å². The van der Waals surface area contributed by atoms with Crippen molar-refractivity contribution in [1.29, 1.82) is 0 Å². The van der Waals surface area contributed by atoms with Crippen LogP contribution in [0.25, 0.3) is 0 Å². The highest BCUT2D eigenvalue weighted by atomic mass is 32.1. The molecule has 0 fully saturated rings. The van der Waals surface area contributed by atoms with E-state index < -0.39 is 0 Å². The van der Waals surface area contributed by atoms with E-state index in [0.717, 1.165) is 10.6 Å². The van der Waals surface area contributed by atoms with Crippen LogP contribution in [0, 0.1) is 0 Å². The van der Waals surface area contributed by atoms with Crippen molar-refractivity contribution in [2.75, 3.05) is 13.7 Å². The maximum atomic E-state index is 11.5. The van der Waals surface area contributed by atoms with Crippen molar-refractivity contribution in [3.63, 3.8) is 0 Å². The van der Waals surface area contributed by atoms with Crippen molar-refractivity contribution in [2.45, 2.75) is 13.3 Å². The van der Waals surface area contributed by atoms with Crippen molar-refractivity contribution in [3.8, 4) is 5.88 Å². The Bertz CT molecular complexity index is 551. The van der Waals surface area contributed by atoms with E-state index >= 15 is 0 Å². The van der Waals surface area contributed by atoms with Crippen molar-refractivity contribution in [3.05, 3.63) is 40.0 Å². The van der Waals surface area contributed by atoms with E-state index in [1.165, 1.54) is 11.3 Å². The SMILES string of the molecule is CCOC(=O)c1csc(Cc2ccc(OC)nc2)n1. The second-order valence-electron chi connectivity index (χ2n) is 3.73. The number of thiazole rings is 1. The molecular formula is C13H14N2O3S. The summed E-state index contributed by atoms with van der Waals surface area (Å²) in [6.07, 6.45) is 2.38. The number of hydrogen-bond acceptors (Lipinski definition) is 6. The van der Waals surface area contributed by atoms with Crippen LogP contribution in [0.15, 0.2) is 23.7 Å². The zero-order valence-corrected chi connectivity index (χ0v) is 11.6. The number of carbonyl (C=O) groups excluding carboxylic acids is 1. The number of aromatic nitrogens is 2. The van der Waals surface area contributed by atoms with Gasteiger partial charge in [0.2, 0.25) is 5.88 Å². The first-order chi connectivity index (χ1) is 9.22. The molecule has 2 aromatic heterocycles. The molecule has 0 saturated carbocycles. The monoisotopic (exact) mass is 278 g/mol. The molecule has 0 aliphatic heterocycles. The van der Waals surface area contributed by atoms with Gasteiger partial charge in [-0.1, -0.05) is 6.07 Å². The van der Waals surface area contributed by atoms with Gasteiger partial charge in [0.25, 0.3) is 0 Å². The Kier molecular flexibility index (Phi) is 4.46. The molecule has 19 heavy (non-hydrogen) atoms. The number of methoxy groups -OCH3 is 1. The summed E-state index contributed by atoms with van der Waals surface area (Å²) in [6, 6.07) is 3.73. The Morgan fingerprint density at radius 1 is 1.42 bits per heavy atom. The lowest BCUT2D eigenvalue weighted by molar-refractivity contribution is 0.0520. The van der Waals surface area contributed by atoms with Gasteiger partial charge in [-0.3, -0.25) is 0 Å². The van der Waals surface area contributed by atoms with Crippen molar-refractivity contribution >= 4 is 17.3 Å². The first kappa shape index (κ1) is 13.5. The summed E-state index contributed by atoms with van der Waals surface area (Å²) in [5.41, 5.74) is 1.38. The fourth-order valence-corrected chi connectivity index (χ4v) is 2.30. The van der Waals surface area contributed by atoms with Gasteiger partial charge in [0, 0.05) is 24.1 Å². The van der Waals surface area contributed by atoms with Gasteiger partial charge < -0.3 is 9.47 Å². The first-order valence-electron chi connectivity index (χ1n) is 5.83. The standard InChI is InChI=1S/C13H14N2O3S/c1-3-18-13(16)10-8-19-12(15-10)6-9-4-5-11(17-2)14-7-9/h4-5,7-8H,3,6H2,1-2H3. The summed E-state index contributed by atoms with van der Waals surface area (Å²) in [4.78, 5) is 19.9. The molecule has 0 N–H and O–H groups in total. The number of nitrogens with zero attached hydrogens (tertiary/aromatic N) is 2. The van der Waals surface area contributed by atoms with E-state index in [9.17, 15) is 4.79 Å². The van der Waals surface area contributed by atoms with E-state index in [2.05, 4.69) is 9.97 Å². The molecule has 2 rings (SSSR count). The average Bonchev–Trinajstić information content (AvgIpc) is 2.88. The Balaban J connectivity index is 2.04. The van der Waals surface area contributed by atoms with E-state index in [1.54, 1.807) is 31.7 Å². The van der Waals surface area contributed by atoms with Gasteiger partial charge in [0.15, 0.2) is 5.69 Å². The lowest BCUT2D eigenvalue weighted by atomic mass is 10.2. The molecule has 0 aromatic carbocycles. The molecule has 6 heteroatoms. The number of ether oxygens (including phenoxy) is 2. The van der Waals surface area contributed by atoms with Gasteiger partial charge in [-0.05, 0) is 12.5 Å². The summed E-state index contributed by atoms with van der Waals surface area (Å²) >= 11 is 1.44. The molecule has 0 unspecified atom stereocenters. The Labute approximate surface area is 115 Å². The highest BCUT2D eigenvalue weighted by Gasteiger charge is 2.11. The molecule has 0 amide bonds. The van der Waals surface area contributed by atoms with E-state index in [1.807, 2.05) is 6.07 Å². The molecule has 2 aromatic rings. The van der Waals surface area contributed by atoms with Gasteiger partial charge >= 0.3 is 5.97 Å². The first-order valence-corrected chi connectivity index (χ1v) is 6.71. The largest absolute Gasteiger partial charge is 0.481 e. The highest BCUT2D eigenvalue weighted by Crippen LogP contribution is 2.16. The lowest BCUT2D eigenvalue weighted by Gasteiger charge is -2.00. The van der Waals surface area contributed by atoms with Crippen LogP contribution >= 0.6 is 11.3 Å². The quantitative estimate of drug-likeness (QED) is 0.785. The van der Waals surface area contributed by atoms with Gasteiger partial charge in [-0.15, -0.1) is 11.3 Å². The smallest absolute Gasteiger partial charge is 0.357 e. The number of hydrogen-bond donors (Lipinski definition) is 0. The molecule has 0 aliphatic rings. The van der Waals surface area contributed by atoms with Gasteiger partial charge in [0.05, 0.1) is 18.7 Å². The maximum Gasteiger partial charge on any atom is 0.357 e. The molecule has 2 heterocycles. The molecule has 0 saturated heterocycles. The minimum absolute atomic E-state index is 0.355. The molecule has 0 spiro atoms. The number of esters is 1. The topological polar surface area (TPSA) is 61.3 Å². The second kappa shape index (κ2) is 6.29. The predicted octanol–water partition coefficient (Wildman–Crippen LogP) is 2.31. The third-order valence-corrected chi connectivity index (χ3v) is 3.25. The zero-order chi connectivity index (χ0) is 13.7. The summed E-state index contributed by atoms with van der Waals surface area (Å²) in [6.45, 7) is 2.13. The van der Waals surface area contributed by atoms with Gasteiger partial charge in [0.1, 0.15) is 0 Å². The number of rotatable bonds is 5. The third-order valence-electron chi connectivity index (χ3n) is 2.40. The number of carbonyl (C=O) groups is 1. The summed E-state index contributed by atoms with van der Waals surface area (Å²) < 4.78 is 9.89.